The summed E-state index contributed by atoms with van der Waals surface area (Å²) < 4.78 is 19.8. The monoisotopic (exact) mass is 348 g/mol. The van der Waals surface area contributed by atoms with Crippen LogP contribution in [-0.4, -0.2) is 6.61 Å². The second-order valence-corrected chi connectivity index (χ2v) is 5.42. The zero-order chi connectivity index (χ0) is 15.2. The van der Waals surface area contributed by atoms with Gasteiger partial charge in [-0.15, -0.1) is 0 Å². The fourth-order valence-electron chi connectivity index (χ4n) is 1.94. The standard InChI is InChI=1S/C16H14BrFN2O/c1-11(15-7-2-12(17)10-16(15)18)20-13-3-5-14(6-4-13)21-9-8-19/h2-7,10-11,20H,9H2,1H3. The molecule has 0 bridgehead atoms. The van der Waals surface area contributed by atoms with Crippen LogP contribution in [0.3, 0.4) is 0 Å². The summed E-state index contributed by atoms with van der Waals surface area (Å²) in [6.45, 7) is 1.92. The molecule has 0 aromatic heterocycles. The maximum absolute atomic E-state index is 13.9. The van der Waals surface area contributed by atoms with Gasteiger partial charge in [0.1, 0.15) is 17.6 Å². The lowest BCUT2D eigenvalue weighted by molar-refractivity contribution is 0.368. The molecule has 0 saturated carbocycles. The molecule has 21 heavy (non-hydrogen) atoms. The Morgan fingerprint density at radius 1 is 1.29 bits per heavy atom. The zero-order valence-corrected chi connectivity index (χ0v) is 13.0. The minimum absolute atomic E-state index is 0.0211. The number of ether oxygens (including phenoxy) is 1. The van der Waals surface area contributed by atoms with Gasteiger partial charge in [0.25, 0.3) is 0 Å². The summed E-state index contributed by atoms with van der Waals surface area (Å²) in [7, 11) is 0. The van der Waals surface area contributed by atoms with Crippen LogP contribution in [-0.2, 0) is 0 Å². The number of rotatable bonds is 5. The smallest absolute Gasteiger partial charge is 0.174 e. The largest absolute Gasteiger partial charge is 0.479 e. The maximum Gasteiger partial charge on any atom is 0.174 e. The van der Waals surface area contributed by atoms with Gasteiger partial charge >= 0.3 is 0 Å². The molecular formula is C16H14BrFN2O. The first-order valence-electron chi connectivity index (χ1n) is 6.41. The van der Waals surface area contributed by atoms with Gasteiger partial charge in [-0.1, -0.05) is 22.0 Å². The van der Waals surface area contributed by atoms with Crippen molar-refractivity contribution in [3.63, 3.8) is 0 Å². The van der Waals surface area contributed by atoms with E-state index in [1.54, 1.807) is 18.2 Å². The van der Waals surface area contributed by atoms with Crippen molar-refractivity contribution >= 4 is 21.6 Å². The van der Waals surface area contributed by atoms with Gasteiger partial charge in [0.15, 0.2) is 6.61 Å². The minimum atomic E-state index is -0.252. The molecule has 1 unspecified atom stereocenters. The molecule has 2 rings (SSSR count). The highest BCUT2D eigenvalue weighted by Gasteiger charge is 2.11. The van der Waals surface area contributed by atoms with Gasteiger partial charge in [-0.2, -0.15) is 5.26 Å². The van der Waals surface area contributed by atoms with Crippen LogP contribution in [0.2, 0.25) is 0 Å². The van der Waals surface area contributed by atoms with Crippen molar-refractivity contribution in [1.82, 2.24) is 0 Å². The third-order valence-electron chi connectivity index (χ3n) is 2.97. The van der Waals surface area contributed by atoms with E-state index < -0.39 is 0 Å². The van der Waals surface area contributed by atoms with E-state index in [2.05, 4.69) is 21.2 Å². The Morgan fingerprint density at radius 3 is 2.62 bits per heavy atom. The number of anilines is 1. The molecule has 0 spiro atoms. The fourth-order valence-corrected chi connectivity index (χ4v) is 2.28. The van der Waals surface area contributed by atoms with E-state index in [1.165, 1.54) is 6.07 Å². The van der Waals surface area contributed by atoms with E-state index in [9.17, 15) is 4.39 Å². The summed E-state index contributed by atoms with van der Waals surface area (Å²) in [4.78, 5) is 0. The minimum Gasteiger partial charge on any atom is -0.479 e. The molecule has 0 aliphatic rings. The van der Waals surface area contributed by atoms with Crippen LogP contribution in [0.15, 0.2) is 46.9 Å². The van der Waals surface area contributed by atoms with Crippen molar-refractivity contribution in [3.8, 4) is 11.8 Å². The number of halogens is 2. The van der Waals surface area contributed by atoms with Crippen LogP contribution in [0.5, 0.6) is 5.75 Å². The summed E-state index contributed by atoms with van der Waals surface area (Å²) in [5.41, 5.74) is 1.46. The predicted molar refractivity (Wildman–Crippen MR) is 83.7 cm³/mol. The molecule has 1 atom stereocenters. The number of nitrogens with zero attached hydrogens (tertiary/aromatic N) is 1. The summed E-state index contributed by atoms with van der Waals surface area (Å²) in [5.74, 6) is 0.378. The van der Waals surface area contributed by atoms with E-state index in [-0.39, 0.29) is 18.5 Å². The fraction of sp³-hybridized carbons (Fsp3) is 0.188. The highest BCUT2D eigenvalue weighted by molar-refractivity contribution is 9.10. The van der Waals surface area contributed by atoms with Crippen molar-refractivity contribution < 1.29 is 9.13 Å². The Balaban J connectivity index is 2.05. The van der Waals surface area contributed by atoms with Crippen LogP contribution in [0.4, 0.5) is 10.1 Å². The van der Waals surface area contributed by atoms with Crippen molar-refractivity contribution in [2.75, 3.05) is 11.9 Å². The average molecular weight is 349 g/mol. The predicted octanol–water partition coefficient (Wildman–Crippen LogP) is 4.66. The van der Waals surface area contributed by atoms with Gasteiger partial charge in [0, 0.05) is 15.7 Å². The Morgan fingerprint density at radius 2 is 2.00 bits per heavy atom. The molecule has 5 heteroatoms. The summed E-state index contributed by atoms with van der Waals surface area (Å²) in [6, 6.07) is 14.0. The lowest BCUT2D eigenvalue weighted by Crippen LogP contribution is -2.08. The molecule has 1 N–H and O–H groups in total. The number of hydrogen-bond acceptors (Lipinski definition) is 3. The molecular weight excluding hydrogens is 335 g/mol. The lowest BCUT2D eigenvalue weighted by Gasteiger charge is -2.17. The molecule has 0 radical (unpaired) electrons. The first-order chi connectivity index (χ1) is 10.1. The average Bonchev–Trinajstić information content (AvgIpc) is 2.46. The molecule has 0 fully saturated rings. The second kappa shape index (κ2) is 7.09. The van der Waals surface area contributed by atoms with E-state index in [0.717, 1.165) is 10.2 Å². The Kier molecular flexibility index (Phi) is 5.18. The van der Waals surface area contributed by atoms with Crippen LogP contribution >= 0.6 is 15.9 Å². The first-order valence-corrected chi connectivity index (χ1v) is 7.21. The number of hydrogen-bond donors (Lipinski definition) is 1. The topological polar surface area (TPSA) is 45.0 Å². The molecule has 108 valence electrons. The Hall–Kier alpha value is -2.06. The van der Waals surface area contributed by atoms with E-state index in [4.69, 9.17) is 10.00 Å². The first kappa shape index (κ1) is 15.3. The van der Waals surface area contributed by atoms with Crippen molar-refractivity contribution in [3.05, 3.63) is 58.3 Å². The lowest BCUT2D eigenvalue weighted by atomic mass is 10.1. The van der Waals surface area contributed by atoms with E-state index in [1.807, 2.05) is 31.2 Å². The van der Waals surface area contributed by atoms with Gasteiger partial charge in [0.2, 0.25) is 0 Å². The molecule has 2 aromatic rings. The molecule has 3 nitrogen and oxygen atoms in total. The number of benzene rings is 2. The third-order valence-corrected chi connectivity index (χ3v) is 3.46. The molecule has 0 amide bonds. The maximum atomic E-state index is 13.9. The summed E-state index contributed by atoms with van der Waals surface area (Å²) in [5, 5.41) is 11.7. The molecule has 2 aromatic carbocycles. The highest BCUT2D eigenvalue weighted by atomic mass is 79.9. The molecule has 0 heterocycles. The summed E-state index contributed by atoms with van der Waals surface area (Å²) in [6.07, 6.45) is 0. The van der Waals surface area contributed by atoms with Gasteiger partial charge in [-0.05, 0) is 43.3 Å². The van der Waals surface area contributed by atoms with Crippen LogP contribution in [0.1, 0.15) is 18.5 Å². The summed E-state index contributed by atoms with van der Waals surface area (Å²) >= 11 is 3.24. The Labute approximate surface area is 131 Å². The normalized spacial score (nSPS) is 11.5. The van der Waals surface area contributed by atoms with Crippen molar-refractivity contribution in [2.45, 2.75) is 13.0 Å². The Bertz CT molecular complexity index is 652. The van der Waals surface area contributed by atoms with Gasteiger partial charge in [-0.25, -0.2) is 4.39 Å². The van der Waals surface area contributed by atoms with E-state index >= 15 is 0 Å². The van der Waals surface area contributed by atoms with Gasteiger partial charge in [-0.3, -0.25) is 0 Å². The van der Waals surface area contributed by atoms with Crippen molar-refractivity contribution in [2.24, 2.45) is 0 Å². The second-order valence-electron chi connectivity index (χ2n) is 4.50. The van der Waals surface area contributed by atoms with Crippen LogP contribution < -0.4 is 10.1 Å². The van der Waals surface area contributed by atoms with Crippen LogP contribution in [0, 0.1) is 17.1 Å². The molecule has 0 aliphatic carbocycles. The highest BCUT2D eigenvalue weighted by Crippen LogP contribution is 2.25. The van der Waals surface area contributed by atoms with Crippen molar-refractivity contribution in [1.29, 1.82) is 5.26 Å². The number of nitrogens with one attached hydrogen (secondary N) is 1. The zero-order valence-electron chi connectivity index (χ0n) is 11.4. The van der Waals surface area contributed by atoms with Gasteiger partial charge < -0.3 is 10.1 Å². The molecule has 0 aliphatic heterocycles. The molecule has 0 saturated heterocycles. The van der Waals surface area contributed by atoms with Gasteiger partial charge in [0.05, 0.1) is 6.04 Å². The third kappa shape index (κ3) is 4.20. The SMILES string of the molecule is CC(Nc1ccc(OCC#N)cc1)c1ccc(Br)cc1F. The number of nitriles is 1. The van der Waals surface area contributed by atoms with E-state index in [0.29, 0.717) is 11.3 Å². The van der Waals surface area contributed by atoms with Crippen LogP contribution in [0.25, 0.3) is 0 Å². The quantitative estimate of drug-likeness (QED) is 0.854.